The van der Waals surface area contributed by atoms with Crippen molar-refractivity contribution in [1.82, 2.24) is 0 Å². The minimum atomic E-state index is 0.744. The predicted molar refractivity (Wildman–Crippen MR) is 69.6 cm³/mol. The van der Waals surface area contributed by atoms with E-state index in [2.05, 4.69) is 11.4 Å². The number of ether oxygens (including phenoxy) is 1. The molecule has 0 amide bonds. The maximum absolute atomic E-state index is 5.90. The third-order valence-corrected chi connectivity index (χ3v) is 3.41. The fourth-order valence-electron chi connectivity index (χ4n) is 1.35. The highest BCUT2D eigenvalue weighted by atomic mass is 35.5. The standard InChI is InChI=1S/C12H12ClNOS/c1-15-12-6-5-11(16-12)8-14-10-4-2-3-9(13)7-10/h2-7,14H,8H2,1H3. The third kappa shape index (κ3) is 2.90. The van der Waals surface area contributed by atoms with E-state index < -0.39 is 0 Å². The van der Waals surface area contributed by atoms with E-state index in [1.807, 2.05) is 30.3 Å². The molecule has 2 aromatic rings. The second-order valence-corrected chi connectivity index (χ2v) is 4.86. The summed E-state index contributed by atoms with van der Waals surface area (Å²) in [6, 6.07) is 11.7. The van der Waals surface area contributed by atoms with Gasteiger partial charge in [-0.2, -0.15) is 0 Å². The first-order chi connectivity index (χ1) is 7.78. The molecule has 1 aromatic carbocycles. The van der Waals surface area contributed by atoms with Crippen molar-refractivity contribution in [2.24, 2.45) is 0 Å². The number of anilines is 1. The second-order valence-electron chi connectivity index (χ2n) is 3.29. The summed E-state index contributed by atoms with van der Waals surface area (Å²) >= 11 is 7.53. The van der Waals surface area contributed by atoms with Crippen LogP contribution in [-0.4, -0.2) is 7.11 Å². The van der Waals surface area contributed by atoms with Crippen molar-refractivity contribution in [1.29, 1.82) is 0 Å². The summed E-state index contributed by atoms with van der Waals surface area (Å²) in [6.45, 7) is 0.786. The van der Waals surface area contributed by atoms with E-state index in [1.54, 1.807) is 18.4 Å². The van der Waals surface area contributed by atoms with Crippen molar-refractivity contribution in [3.63, 3.8) is 0 Å². The molecule has 0 aliphatic heterocycles. The van der Waals surface area contributed by atoms with Gasteiger partial charge in [0.25, 0.3) is 0 Å². The van der Waals surface area contributed by atoms with Crippen molar-refractivity contribution in [3.05, 3.63) is 46.3 Å². The molecule has 0 aliphatic carbocycles. The van der Waals surface area contributed by atoms with E-state index in [1.165, 1.54) is 4.88 Å². The summed E-state index contributed by atoms with van der Waals surface area (Å²) in [5.74, 6) is 0. The average molecular weight is 254 g/mol. The number of hydrogen-bond acceptors (Lipinski definition) is 3. The van der Waals surface area contributed by atoms with E-state index in [0.29, 0.717) is 0 Å². The summed E-state index contributed by atoms with van der Waals surface area (Å²) in [5, 5.41) is 4.99. The molecule has 1 heterocycles. The van der Waals surface area contributed by atoms with Crippen LogP contribution in [0.15, 0.2) is 36.4 Å². The van der Waals surface area contributed by atoms with Gasteiger partial charge in [0.2, 0.25) is 0 Å². The largest absolute Gasteiger partial charge is 0.487 e. The molecule has 0 saturated carbocycles. The van der Waals surface area contributed by atoms with E-state index in [0.717, 1.165) is 22.3 Å². The van der Waals surface area contributed by atoms with Crippen LogP contribution in [0.1, 0.15) is 4.88 Å². The van der Waals surface area contributed by atoms with Crippen LogP contribution in [0.3, 0.4) is 0 Å². The molecule has 2 rings (SSSR count). The molecule has 4 heteroatoms. The number of rotatable bonds is 4. The van der Waals surface area contributed by atoms with Gasteiger partial charge in [-0.1, -0.05) is 17.7 Å². The zero-order valence-corrected chi connectivity index (χ0v) is 10.4. The van der Waals surface area contributed by atoms with Crippen LogP contribution in [0.5, 0.6) is 5.06 Å². The molecule has 2 nitrogen and oxygen atoms in total. The normalized spacial score (nSPS) is 10.1. The molecule has 84 valence electrons. The van der Waals surface area contributed by atoms with Gasteiger partial charge in [0, 0.05) is 22.1 Å². The first-order valence-electron chi connectivity index (χ1n) is 4.90. The predicted octanol–water partition coefficient (Wildman–Crippen LogP) is 4.02. The van der Waals surface area contributed by atoms with Crippen LogP contribution in [-0.2, 0) is 6.54 Å². The Morgan fingerprint density at radius 3 is 2.88 bits per heavy atom. The van der Waals surface area contributed by atoms with Crippen molar-refractivity contribution >= 4 is 28.6 Å². The molecule has 16 heavy (non-hydrogen) atoms. The number of methoxy groups -OCH3 is 1. The SMILES string of the molecule is COc1ccc(CNc2cccc(Cl)c2)s1. The van der Waals surface area contributed by atoms with E-state index in [9.17, 15) is 0 Å². The van der Waals surface area contributed by atoms with E-state index >= 15 is 0 Å². The molecule has 0 unspecified atom stereocenters. The number of hydrogen-bond donors (Lipinski definition) is 1. The Morgan fingerprint density at radius 2 is 2.19 bits per heavy atom. The lowest BCUT2D eigenvalue weighted by Crippen LogP contribution is -1.96. The Morgan fingerprint density at radius 1 is 1.31 bits per heavy atom. The molecule has 1 aromatic heterocycles. The summed E-state index contributed by atoms with van der Waals surface area (Å²) in [7, 11) is 1.68. The van der Waals surface area contributed by atoms with Crippen LogP contribution >= 0.6 is 22.9 Å². The number of thiophene rings is 1. The first kappa shape index (κ1) is 11.3. The lowest BCUT2D eigenvalue weighted by Gasteiger charge is -2.04. The van der Waals surface area contributed by atoms with Crippen LogP contribution < -0.4 is 10.1 Å². The van der Waals surface area contributed by atoms with Gasteiger partial charge >= 0.3 is 0 Å². The molecule has 0 spiro atoms. The first-order valence-corrected chi connectivity index (χ1v) is 6.09. The third-order valence-electron chi connectivity index (χ3n) is 2.13. The highest BCUT2D eigenvalue weighted by Crippen LogP contribution is 2.24. The molecule has 0 aliphatic rings. The minimum Gasteiger partial charge on any atom is -0.487 e. The molecule has 1 N–H and O–H groups in total. The highest BCUT2D eigenvalue weighted by molar-refractivity contribution is 7.13. The highest BCUT2D eigenvalue weighted by Gasteiger charge is 1.99. The van der Waals surface area contributed by atoms with Crippen molar-refractivity contribution in [2.75, 3.05) is 12.4 Å². The molecule has 0 bridgehead atoms. The van der Waals surface area contributed by atoms with E-state index in [-0.39, 0.29) is 0 Å². The molecule has 0 saturated heterocycles. The molecule has 0 fully saturated rings. The Balaban J connectivity index is 1.96. The number of halogens is 1. The van der Waals surface area contributed by atoms with Gasteiger partial charge in [-0.3, -0.25) is 0 Å². The summed E-state index contributed by atoms with van der Waals surface area (Å²) in [4.78, 5) is 1.23. The topological polar surface area (TPSA) is 21.3 Å². The van der Waals surface area contributed by atoms with Crippen molar-refractivity contribution in [2.45, 2.75) is 6.54 Å². The Bertz CT molecular complexity index is 470. The fraction of sp³-hybridized carbons (Fsp3) is 0.167. The Hall–Kier alpha value is -1.19. The Labute approximate surface area is 104 Å². The summed E-state index contributed by atoms with van der Waals surface area (Å²) in [5.41, 5.74) is 1.03. The van der Waals surface area contributed by atoms with Gasteiger partial charge in [0.15, 0.2) is 5.06 Å². The zero-order chi connectivity index (χ0) is 11.4. The molecular weight excluding hydrogens is 242 g/mol. The lowest BCUT2D eigenvalue weighted by atomic mass is 10.3. The van der Waals surface area contributed by atoms with Gasteiger partial charge < -0.3 is 10.1 Å². The van der Waals surface area contributed by atoms with Crippen LogP contribution in [0.25, 0.3) is 0 Å². The van der Waals surface area contributed by atoms with Gasteiger partial charge in [-0.25, -0.2) is 0 Å². The number of benzene rings is 1. The number of nitrogens with one attached hydrogen (secondary N) is 1. The van der Waals surface area contributed by atoms with Gasteiger partial charge in [-0.05, 0) is 30.3 Å². The second kappa shape index (κ2) is 5.23. The average Bonchev–Trinajstić information content (AvgIpc) is 2.74. The minimum absolute atomic E-state index is 0.744. The van der Waals surface area contributed by atoms with Gasteiger partial charge in [0.05, 0.1) is 7.11 Å². The van der Waals surface area contributed by atoms with Crippen molar-refractivity contribution < 1.29 is 4.74 Å². The zero-order valence-electron chi connectivity index (χ0n) is 8.87. The van der Waals surface area contributed by atoms with Crippen LogP contribution in [0.2, 0.25) is 5.02 Å². The maximum atomic E-state index is 5.90. The molecule has 0 atom stereocenters. The summed E-state index contributed by atoms with van der Waals surface area (Å²) < 4.78 is 5.14. The fourth-order valence-corrected chi connectivity index (χ4v) is 2.30. The lowest BCUT2D eigenvalue weighted by molar-refractivity contribution is 0.427. The van der Waals surface area contributed by atoms with Crippen LogP contribution in [0, 0.1) is 0 Å². The van der Waals surface area contributed by atoms with Gasteiger partial charge in [-0.15, -0.1) is 11.3 Å². The molecule has 0 radical (unpaired) electrons. The molecular formula is C12H12ClNOS. The monoisotopic (exact) mass is 253 g/mol. The van der Waals surface area contributed by atoms with E-state index in [4.69, 9.17) is 16.3 Å². The van der Waals surface area contributed by atoms with Crippen molar-refractivity contribution in [3.8, 4) is 5.06 Å². The summed E-state index contributed by atoms with van der Waals surface area (Å²) in [6.07, 6.45) is 0. The van der Waals surface area contributed by atoms with Crippen LogP contribution in [0.4, 0.5) is 5.69 Å². The van der Waals surface area contributed by atoms with Gasteiger partial charge in [0.1, 0.15) is 0 Å². The smallest absolute Gasteiger partial charge is 0.173 e. The Kier molecular flexibility index (Phi) is 3.70. The maximum Gasteiger partial charge on any atom is 0.173 e. The quantitative estimate of drug-likeness (QED) is 0.889.